The quantitative estimate of drug-likeness (QED) is 0.841. The molecule has 0 saturated carbocycles. The smallest absolute Gasteiger partial charge is 0.274 e. The minimum Gasteiger partial charge on any atom is -0.352 e. The zero-order valence-corrected chi connectivity index (χ0v) is 14.0. The van der Waals surface area contributed by atoms with Crippen molar-refractivity contribution in [1.29, 1.82) is 0 Å². The number of nitrogens with zero attached hydrogens (tertiary/aromatic N) is 1. The Hall–Kier alpha value is -2.83. The van der Waals surface area contributed by atoms with E-state index in [0.717, 1.165) is 18.6 Å². The third-order valence-corrected chi connectivity index (χ3v) is 3.44. The number of carbonyl (C=O) groups is 2. The summed E-state index contributed by atoms with van der Waals surface area (Å²) in [5, 5.41) is 5.06. The zero-order chi connectivity index (χ0) is 18.4. The van der Waals surface area contributed by atoms with Gasteiger partial charge in [-0.05, 0) is 36.6 Å². The van der Waals surface area contributed by atoms with E-state index in [4.69, 9.17) is 0 Å². The fraction of sp³-hybridized carbons (Fsp3) is 0.278. The van der Waals surface area contributed by atoms with Gasteiger partial charge in [-0.1, -0.05) is 13.8 Å². The Morgan fingerprint density at radius 1 is 1.12 bits per heavy atom. The minimum atomic E-state index is -0.893. The molecule has 7 heteroatoms. The van der Waals surface area contributed by atoms with Gasteiger partial charge in [0.15, 0.2) is 0 Å². The number of carbonyl (C=O) groups excluding carboxylic acids is 2. The van der Waals surface area contributed by atoms with Crippen molar-refractivity contribution in [2.24, 2.45) is 5.92 Å². The molecule has 1 aromatic heterocycles. The summed E-state index contributed by atoms with van der Waals surface area (Å²) in [6.45, 7) is 4.63. The lowest BCUT2D eigenvalue weighted by Gasteiger charge is -2.09. The lowest BCUT2D eigenvalue weighted by molar-refractivity contribution is 0.0952. The molecule has 2 amide bonds. The van der Waals surface area contributed by atoms with Crippen molar-refractivity contribution in [1.82, 2.24) is 10.3 Å². The lowest BCUT2D eigenvalue weighted by Crippen LogP contribution is -2.26. The molecule has 2 rings (SSSR count). The third kappa shape index (κ3) is 5.34. The summed E-state index contributed by atoms with van der Waals surface area (Å²) >= 11 is 0. The van der Waals surface area contributed by atoms with Gasteiger partial charge in [-0.3, -0.25) is 14.6 Å². The Morgan fingerprint density at radius 3 is 2.56 bits per heavy atom. The van der Waals surface area contributed by atoms with Gasteiger partial charge in [-0.25, -0.2) is 8.78 Å². The van der Waals surface area contributed by atoms with E-state index in [2.05, 4.69) is 29.5 Å². The summed E-state index contributed by atoms with van der Waals surface area (Å²) in [6.07, 6.45) is 2.17. The first kappa shape index (κ1) is 18.5. The van der Waals surface area contributed by atoms with Gasteiger partial charge in [0.2, 0.25) is 0 Å². The highest BCUT2D eigenvalue weighted by Gasteiger charge is 2.14. The summed E-state index contributed by atoms with van der Waals surface area (Å²) in [5.74, 6) is -2.18. The maximum Gasteiger partial charge on any atom is 0.274 e. The Morgan fingerprint density at radius 2 is 1.88 bits per heavy atom. The van der Waals surface area contributed by atoms with Crippen molar-refractivity contribution in [2.75, 3.05) is 11.9 Å². The average Bonchev–Trinajstić information content (AvgIpc) is 2.57. The first-order valence-corrected chi connectivity index (χ1v) is 7.87. The number of hydrogen-bond acceptors (Lipinski definition) is 3. The van der Waals surface area contributed by atoms with Crippen LogP contribution in [-0.4, -0.2) is 23.3 Å². The molecule has 5 nitrogen and oxygen atoms in total. The van der Waals surface area contributed by atoms with E-state index in [0.29, 0.717) is 18.5 Å². The average molecular weight is 347 g/mol. The number of amides is 2. The molecule has 1 aromatic carbocycles. The summed E-state index contributed by atoms with van der Waals surface area (Å²) in [6, 6.07) is 5.62. The van der Waals surface area contributed by atoms with Crippen LogP contribution < -0.4 is 10.6 Å². The Balaban J connectivity index is 2.06. The highest BCUT2D eigenvalue weighted by atomic mass is 19.1. The van der Waals surface area contributed by atoms with Crippen LogP contribution in [0.5, 0.6) is 0 Å². The van der Waals surface area contributed by atoms with Gasteiger partial charge >= 0.3 is 0 Å². The number of halogens is 2. The second kappa shape index (κ2) is 8.32. The topological polar surface area (TPSA) is 71.1 Å². The predicted octanol–water partition coefficient (Wildman–Crippen LogP) is 3.39. The molecule has 0 spiro atoms. The van der Waals surface area contributed by atoms with Crippen LogP contribution in [0.1, 0.15) is 41.1 Å². The fourth-order valence-corrected chi connectivity index (χ4v) is 2.05. The Kier molecular flexibility index (Phi) is 6.16. The van der Waals surface area contributed by atoms with Crippen LogP contribution in [-0.2, 0) is 0 Å². The van der Waals surface area contributed by atoms with E-state index in [1.54, 1.807) is 0 Å². The lowest BCUT2D eigenvalue weighted by atomic mass is 10.1. The second-order valence-corrected chi connectivity index (χ2v) is 5.95. The number of hydrogen-bond donors (Lipinski definition) is 2. The molecular formula is C18H19F2N3O2. The third-order valence-electron chi connectivity index (χ3n) is 3.44. The monoisotopic (exact) mass is 347 g/mol. The first-order chi connectivity index (χ1) is 11.9. The van der Waals surface area contributed by atoms with Gasteiger partial charge in [-0.2, -0.15) is 0 Å². The van der Waals surface area contributed by atoms with E-state index in [1.807, 2.05) is 0 Å². The molecule has 0 aliphatic carbocycles. The molecule has 2 N–H and O–H groups in total. The molecule has 0 aliphatic rings. The first-order valence-electron chi connectivity index (χ1n) is 7.87. The van der Waals surface area contributed by atoms with Crippen molar-refractivity contribution in [2.45, 2.75) is 20.3 Å². The molecule has 0 bridgehead atoms. The maximum atomic E-state index is 13.6. The van der Waals surface area contributed by atoms with E-state index in [1.165, 1.54) is 18.3 Å². The number of nitrogens with one attached hydrogen (secondary N) is 2. The van der Waals surface area contributed by atoms with Crippen LogP contribution in [0.3, 0.4) is 0 Å². The molecule has 25 heavy (non-hydrogen) atoms. The molecule has 0 saturated heterocycles. The molecule has 0 radical (unpaired) electrons. The normalized spacial score (nSPS) is 10.6. The largest absolute Gasteiger partial charge is 0.352 e. The van der Waals surface area contributed by atoms with Gasteiger partial charge in [0, 0.05) is 24.4 Å². The van der Waals surface area contributed by atoms with Gasteiger partial charge in [0.1, 0.15) is 17.3 Å². The highest BCUT2D eigenvalue weighted by Crippen LogP contribution is 2.16. The standard InChI is InChI=1S/C18H19F2N3O2/c1-11(2)5-7-22-17(24)12-6-8-21-16(9-12)18(25)23-15-4-3-13(19)10-14(15)20/h3-4,6,8-11H,5,7H2,1-2H3,(H,22,24)(H,23,25). The van der Waals surface area contributed by atoms with Crippen molar-refractivity contribution >= 4 is 17.5 Å². The van der Waals surface area contributed by atoms with Crippen molar-refractivity contribution in [3.63, 3.8) is 0 Å². The van der Waals surface area contributed by atoms with Crippen LogP contribution in [0.15, 0.2) is 36.5 Å². The highest BCUT2D eigenvalue weighted by molar-refractivity contribution is 6.04. The van der Waals surface area contributed by atoms with Crippen molar-refractivity contribution < 1.29 is 18.4 Å². The number of aromatic nitrogens is 1. The van der Waals surface area contributed by atoms with Gasteiger partial charge in [-0.15, -0.1) is 0 Å². The maximum absolute atomic E-state index is 13.6. The van der Waals surface area contributed by atoms with Crippen LogP contribution in [0, 0.1) is 17.6 Å². The number of pyridine rings is 1. The van der Waals surface area contributed by atoms with E-state index in [-0.39, 0.29) is 22.9 Å². The summed E-state index contributed by atoms with van der Waals surface area (Å²) < 4.78 is 26.5. The molecule has 0 unspecified atom stereocenters. The number of rotatable bonds is 6. The SMILES string of the molecule is CC(C)CCNC(=O)c1ccnc(C(=O)Nc2ccc(F)cc2F)c1. The van der Waals surface area contributed by atoms with Gasteiger partial charge < -0.3 is 10.6 Å². The molecule has 1 heterocycles. The molecule has 132 valence electrons. The predicted molar refractivity (Wildman–Crippen MR) is 90.3 cm³/mol. The number of benzene rings is 1. The van der Waals surface area contributed by atoms with Crippen LogP contribution >= 0.6 is 0 Å². The van der Waals surface area contributed by atoms with Crippen molar-refractivity contribution in [3.8, 4) is 0 Å². The molecule has 2 aromatic rings. The van der Waals surface area contributed by atoms with Crippen LogP contribution in [0.25, 0.3) is 0 Å². The summed E-state index contributed by atoms with van der Waals surface area (Å²) in [7, 11) is 0. The minimum absolute atomic E-state index is 0.0414. The van der Waals surface area contributed by atoms with Crippen LogP contribution in [0.4, 0.5) is 14.5 Å². The molecule has 0 aliphatic heterocycles. The fourth-order valence-electron chi connectivity index (χ4n) is 2.05. The van der Waals surface area contributed by atoms with E-state index < -0.39 is 17.5 Å². The molecule has 0 atom stereocenters. The zero-order valence-electron chi connectivity index (χ0n) is 14.0. The Labute approximate surface area is 144 Å². The second-order valence-electron chi connectivity index (χ2n) is 5.95. The molecule has 0 fully saturated rings. The molecular weight excluding hydrogens is 328 g/mol. The van der Waals surface area contributed by atoms with Crippen LogP contribution in [0.2, 0.25) is 0 Å². The summed E-state index contributed by atoms with van der Waals surface area (Å²) in [5.41, 5.74) is 0.0729. The van der Waals surface area contributed by atoms with E-state index in [9.17, 15) is 18.4 Å². The Bertz CT molecular complexity index is 779. The van der Waals surface area contributed by atoms with E-state index >= 15 is 0 Å². The summed E-state index contributed by atoms with van der Waals surface area (Å²) in [4.78, 5) is 28.1. The number of anilines is 1. The van der Waals surface area contributed by atoms with Gasteiger partial charge in [0.25, 0.3) is 11.8 Å². The van der Waals surface area contributed by atoms with Crippen molar-refractivity contribution in [3.05, 3.63) is 59.4 Å². The van der Waals surface area contributed by atoms with Gasteiger partial charge in [0.05, 0.1) is 5.69 Å².